The van der Waals surface area contributed by atoms with Gasteiger partial charge in [0.1, 0.15) is 0 Å². The van der Waals surface area contributed by atoms with Gasteiger partial charge in [0.2, 0.25) is 5.91 Å². The van der Waals surface area contributed by atoms with Crippen molar-refractivity contribution in [2.24, 2.45) is 0 Å². The van der Waals surface area contributed by atoms with Crippen LogP contribution in [0.15, 0.2) is 11.6 Å². The van der Waals surface area contributed by atoms with Crippen LogP contribution in [-0.4, -0.2) is 51.2 Å². The fourth-order valence-electron chi connectivity index (χ4n) is 4.96. The Morgan fingerprint density at radius 1 is 1.25 bits per heavy atom. The summed E-state index contributed by atoms with van der Waals surface area (Å²) >= 11 is 0. The van der Waals surface area contributed by atoms with Crippen LogP contribution in [0.5, 0.6) is 0 Å². The van der Waals surface area contributed by atoms with E-state index in [1.165, 1.54) is 12.0 Å². The standard InChI is InChI=1S/C16H24N2O2/c1-10-7-12-9-11-3-2-4-16(20)18(11)15-6-5-14(19)13(8-10)17(12)15/h8,11-15,19H,2-7,9H2,1H3/t11-,12+,13+,14+,15-/m0/s1. The Bertz CT molecular complexity index is 461. The largest absolute Gasteiger partial charge is 0.391 e. The van der Waals surface area contributed by atoms with Crippen LogP contribution in [0, 0.1) is 0 Å². The average molecular weight is 276 g/mol. The first-order chi connectivity index (χ1) is 9.65. The molecule has 0 unspecified atom stereocenters. The van der Waals surface area contributed by atoms with Crippen LogP contribution in [0.3, 0.4) is 0 Å². The van der Waals surface area contributed by atoms with Crippen LogP contribution >= 0.6 is 0 Å². The molecule has 0 spiro atoms. The lowest BCUT2D eigenvalue weighted by Gasteiger charge is -2.60. The van der Waals surface area contributed by atoms with Crippen molar-refractivity contribution in [1.82, 2.24) is 9.80 Å². The van der Waals surface area contributed by atoms with Crippen molar-refractivity contribution >= 4 is 5.91 Å². The van der Waals surface area contributed by atoms with Crippen molar-refractivity contribution in [3.8, 4) is 0 Å². The number of hydrogen-bond donors (Lipinski definition) is 1. The van der Waals surface area contributed by atoms with Crippen molar-refractivity contribution in [3.05, 3.63) is 11.6 Å². The summed E-state index contributed by atoms with van der Waals surface area (Å²) in [6, 6.07) is 1.10. The number of aliphatic hydroxyl groups is 1. The lowest BCUT2D eigenvalue weighted by molar-refractivity contribution is -0.171. The number of carbonyl (C=O) groups is 1. The van der Waals surface area contributed by atoms with Crippen LogP contribution < -0.4 is 0 Å². The molecule has 4 rings (SSSR count). The highest BCUT2D eigenvalue weighted by Gasteiger charge is 2.51. The Kier molecular flexibility index (Phi) is 2.93. The van der Waals surface area contributed by atoms with E-state index in [1.54, 1.807) is 0 Å². The van der Waals surface area contributed by atoms with Gasteiger partial charge in [-0.1, -0.05) is 11.6 Å². The van der Waals surface area contributed by atoms with E-state index in [9.17, 15) is 9.90 Å². The summed E-state index contributed by atoms with van der Waals surface area (Å²) in [6.07, 6.45) is 9.11. The first-order valence-corrected chi connectivity index (χ1v) is 8.09. The maximum absolute atomic E-state index is 12.4. The van der Waals surface area contributed by atoms with E-state index < -0.39 is 0 Å². The van der Waals surface area contributed by atoms with Crippen molar-refractivity contribution in [2.75, 3.05) is 0 Å². The molecule has 0 bridgehead atoms. The lowest BCUT2D eigenvalue weighted by atomic mass is 9.79. The summed E-state index contributed by atoms with van der Waals surface area (Å²) in [5, 5.41) is 10.3. The minimum absolute atomic E-state index is 0.128. The number of amides is 1. The summed E-state index contributed by atoms with van der Waals surface area (Å²) in [5.74, 6) is 0.339. The SMILES string of the molecule is CC1=C[C@@H]2[C@H](O)CC[C@@H]3N4C(=O)CCC[C@H]4C[C@@H](C1)N23. The van der Waals surface area contributed by atoms with Gasteiger partial charge in [0.15, 0.2) is 0 Å². The average Bonchev–Trinajstić information content (AvgIpc) is 2.41. The summed E-state index contributed by atoms with van der Waals surface area (Å²) in [6.45, 7) is 2.19. The molecule has 0 aliphatic carbocycles. The quantitative estimate of drug-likeness (QED) is 0.684. The molecule has 0 aromatic heterocycles. The van der Waals surface area contributed by atoms with E-state index >= 15 is 0 Å². The van der Waals surface area contributed by atoms with E-state index in [2.05, 4.69) is 22.8 Å². The molecule has 0 saturated carbocycles. The van der Waals surface area contributed by atoms with Gasteiger partial charge in [-0.3, -0.25) is 9.69 Å². The second kappa shape index (κ2) is 4.57. The smallest absolute Gasteiger partial charge is 0.224 e. The number of piperidine rings is 2. The summed E-state index contributed by atoms with van der Waals surface area (Å²) < 4.78 is 0. The molecule has 3 fully saturated rings. The van der Waals surface area contributed by atoms with E-state index in [4.69, 9.17) is 0 Å². The zero-order valence-electron chi connectivity index (χ0n) is 12.2. The second-order valence-electron chi connectivity index (χ2n) is 7.02. The molecule has 1 N–H and O–H groups in total. The molecular weight excluding hydrogens is 252 g/mol. The molecule has 4 nitrogen and oxygen atoms in total. The Hall–Kier alpha value is -0.870. The van der Waals surface area contributed by atoms with Gasteiger partial charge >= 0.3 is 0 Å². The van der Waals surface area contributed by atoms with Gasteiger partial charge in [0.25, 0.3) is 0 Å². The van der Waals surface area contributed by atoms with Crippen molar-refractivity contribution in [3.63, 3.8) is 0 Å². The van der Waals surface area contributed by atoms with E-state index in [0.29, 0.717) is 24.4 Å². The normalized spacial score (nSPS) is 44.7. The Balaban J connectivity index is 1.72. The number of rotatable bonds is 0. The van der Waals surface area contributed by atoms with E-state index in [1.807, 2.05) is 0 Å². The monoisotopic (exact) mass is 276 g/mol. The molecule has 0 radical (unpaired) electrons. The van der Waals surface area contributed by atoms with Crippen LogP contribution in [0.2, 0.25) is 0 Å². The van der Waals surface area contributed by atoms with E-state index in [-0.39, 0.29) is 18.3 Å². The Labute approximate surface area is 120 Å². The molecule has 4 aliphatic rings. The van der Waals surface area contributed by atoms with Crippen LogP contribution in [0.1, 0.15) is 51.9 Å². The third kappa shape index (κ3) is 1.77. The van der Waals surface area contributed by atoms with Gasteiger partial charge in [-0.2, -0.15) is 0 Å². The predicted octanol–water partition coefficient (Wildman–Crippen LogP) is 1.64. The number of nitrogens with zero attached hydrogens (tertiary/aromatic N) is 2. The number of fused-ring (bicyclic) bond motifs is 2. The number of hydrogen-bond acceptors (Lipinski definition) is 3. The summed E-state index contributed by atoms with van der Waals surface area (Å²) in [7, 11) is 0. The van der Waals surface area contributed by atoms with Crippen molar-refractivity contribution in [1.29, 1.82) is 0 Å². The molecule has 5 atom stereocenters. The van der Waals surface area contributed by atoms with Crippen molar-refractivity contribution < 1.29 is 9.90 Å². The minimum Gasteiger partial charge on any atom is -0.391 e. The topological polar surface area (TPSA) is 43.8 Å². The fourth-order valence-corrected chi connectivity index (χ4v) is 4.96. The molecule has 4 aliphatic heterocycles. The molecule has 3 saturated heterocycles. The van der Waals surface area contributed by atoms with Gasteiger partial charge in [0.05, 0.1) is 18.3 Å². The molecule has 1 amide bonds. The second-order valence-corrected chi connectivity index (χ2v) is 7.02. The van der Waals surface area contributed by atoms with E-state index in [0.717, 1.165) is 32.1 Å². The third-order valence-electron chi connectivity index (χ3n) is 5.71. The van der Waals surface area contributed by atoms with Gasteiger partial charge < -0.3 is 10.0 Å². The zero-order chi connectivity index (χ0) is 13.9. The zero-order valence-corrected chi connectivity index (χ0v) is 12.2. The molecule has 4 heterocycles. The molecule has 20 heavy (non-hydrogen) atoms. The Morgan fingerprint density at radius 3 is 2.95 bits per heavy atom. The Morgan fingerprint density at radius 2 is 2.10 bits per heavy atom. The lowest BCUT2D eigenvalue weighted by Crippen LogP contribution is -2.70. The minimum atomic E-state index is -0.263. The highest BCUT2D eigenvalue weighted by atomic mass is 16.3. The molecule has 110 valence electrons. The molecule has 0 aromatic carbocycles. The predicted molar refractivity (Wildman–Crippen MR) is 75.9 cm³/mol. The maximum Gasteiger partial charge on any atom is 0.224 e. The summed E-state index contributed by atoms with van der Waals surface area (Å²) in [5.41, 5.74) is 1.41. The van der Waals surface area contributed by atoms with Gasteiger partial charge in [-0.25, -0.2) is 0 Å². The molecule has 0 aromatic rings. The molecular formula is C16H24N2O2. The first-order valence-electron chi connectivity index (χ1n) is 8.09. The third-order valence-corrected chi connectivity index (χ3v) is 5.71. The number of aliphatic hydroxyl groups excluding tert-OH is 1. The van der Waals surface area contributed by atoms with Crippen LogP contribution in [0.25, 0.3) is 0 Å². The molecule has 4 heteroatoms. The highest BCUT2D eigenvalue weighted by molar-refractivity contribution is 5.77. The van der Waals surface area contributed by atoms with Gasteiger partial charge in [-0.15, -0.1) is 0 Å². The van der Waals surface area contributed by atoms with Crippen LogP contribution in [0.4, 0.5) is 0 Å². The fraction of sp³-hybridized carbons (Fsp3) is 0.812. The van der Waals surface area contributed by atoms with Gasteiger partial charge in [-0.05, 0) is 45.4 Å². The summed E-state index contributed by atoms with van der Waals surface area (Å²) in [4.78, 5) is 17.0. The first kappa shape index (κ1) is 12.8. The van der Waals surface area contributed by atoms with Crippen LogP contribution in [-0.2, 0) is 4.79 Å². The van der Waals surface area contributed by atoms with Crippen molar-refractivity contribution in [2.45, 2.75) is 82.3 Å². The highest BCUT2D eigenvalue weighted by Crippen LogP contribution is 2.43. The van der Waals surface area contributed by atoms with Gasteiger partial charge in [0, 0.05) is 18.5 Å². The maximum atomic E-state index is 12.4. The number of carbonyl (C=O) groups excluding carboxylic acids is 1.